The van der Waals surface area contributed by atoms with Crippen molar-refractivity contribution < 1.29 is 4.74 Å². The molecular weight excluding hydrogens is 436 g/mol. The number of anilines is 2. The van der Waals surface area contributed by atoms with E-state index in [-0.39, 0.29) is 0 Å². The van der Waals surface area contributed by atoms with E-state index in [0.29, 0.717) is 0 Å². The maximum Gasteiger partial charge on any atom is 0.142 e. The van der Waals surface area contributed by atoms with E-state index in [4.69, 9.17) is 14.8 Å². The molecule has 1 aliphatic rings. The van der Waals surface area contributed by atoms with Crippen LogP contribution in [0.4, 0.5) is 11.6 Å². The largest absolute Gasteiger partial charge is 0.497 e. The van der Waals surface area contributed by atoms with Crippen molar-refractivity contribution in [3.63, 3.8) is 0 Å². The SMILES string of the molecule is COc1ccc(CN2CCc3nn(Cc4ccccc4)c4cc(N(C)CCN(C)C)nc2c34)cc1. The maximum atomic E-state index is 5.34. The van der Waals surface area contributed by atoms with Gasteiger partial charge in [-0.25, -0.2) is 4.98 Å². The summed E-state index contributed by atoms with van der Waals surface area (Å²) < 4.78 is 7.50. The number of methoxy groups -OCH3 is 1. The zero-order valence-corrected chi connectivity index (χ0v) is 21.1. The average molecular weight is 471 g/mol. The number of hydrogen-bond donors (Lipinski definition) is 0. The lowest BCUT2D eigenvalue weighted by Gasteiger charge is -2.29. The van der Waals surface area contributed by atoms with Gasteiger partial charge >= 0.3 is 0 Å². The van der Waals surface area contributed by atoms with Gasteiger partial charge in [0.25, 0.3) is 0 Å². The molecule has 182 valence electrons. The molecule has 7 heteroatoms. The van der Waals surface area contributed by atoms with E-state index in [1.165, 1.54) is 16.5 Å². The number of aromatic nitrogens is 3. The minimum absolute atomic E-state index is 0.750. The van der Waals surface area contributed by atoms with Gasteiger partial charge in [0.15, 0.2) is 0 Å². The Hall–Kier alpha value is -3.58. The van der Waals surface area contributed by atoms with Crippen LogP contribution in [0.1, 0.15) is 16.8 Å². The molecule has 5 rings (SSSR count). The van der Waals surface area contributed by atoms with E-state index < -0.39 is 0 Å². The Morgan fingerprint density at radius 1 is 0.914 bits per heavy atom. The number of nitrogens with zero attached hydrogens (tertiary/aromatic N) is 6. The molecule has 3 heterocycles. The van der Waals surface area contributed by atoms with Crippen molar-refractivity contribution in [2.75, 3.05) is 57.7 Å². The summed E-state index contributed by atoms with van der Waals surface area (Å²) in [5, 5.41) is 6.25. The molecule has 0 amide bonds. The van der Waals surface area contributed by atoms with Crippen molar-refractivity contribution >= 4 is 22.5 Å². The fraction of sp³-hybridized carbons (Fsp3) is 0.357. The molecule has 0 saturated carbocycles. The van der Waals surface area contributed by atoms with Crippen molar-refractivity contribution in [3.05, 3.63) is 77.5 Å². The van der Waals surface area contributed by atoms with Crippen molar-refractivity contribution in [3.8, 4) is 5.75 Å². The van der Waals surface area contributed by atoms with Gasteiger partial charge in [-0.15, -0.1) is 0 Å². The predicted octanol–water partition coefficient (Wildman–Crippen LogP) is 4.05. The summed E-state index contributed by atoms with van der Waals surface area (Å²) in [5.74, 6) is 2.89. The highest BCUT2D eigenvalue weighted by Gasteiger charge is 2.26. The summed E-state index contributed by atoms with van der Waals surface area (Å²) in [4.78, 5) is 12.0. The molecule has 1 aliphatic heterocycles. The summed E-state index contributed by atoms with van der Waals surface area (Å²) in [5.41, 5.74) is 4.79. The highest BCUT2D eigenvalue weighted by molar-refractivity contribution is 5.95. The lowest BCUT2D eigenvalue weighted by atomic mass is 10.1. The van der Waals surface area contributed by atoms with E-state index in [1.807, 2.05) is 12.1 Å². The first-order chi connectivity index (χ1) is 17.0. The van der Waals surface area contributed by atoms with E-state index in [2.05, 4.69) is 89.1 Å². The van der Waals surface area contributed by atoms with Crippen molar-refractivity contribution in [1.29, 1.82) is 0 Å². The second-order valence-electron chi connectivity index (χ2n) is 9.53. The van der Waals surface area contributed by atoms with Crippen LogP contribution >= 0.6 is 0 Å². The Morgan fingerprint density at radius 2 is 1.66 bits per heavy atom. The molecule has 0 spiro atoms. The number of likely N-dealkylation sites (N-methyl/N-ethyl adjacent to an activating group) is 2. The molecule has 0 fully saturated rings. The molecule has 0 unspecified atom stereocenters. The van der Waals surface area contributed by atoms with Crippen LogP contribution in [0.2, 0.25) is 0 Å². The zero-order valence-electron chi connectivity index (χ0n) is 21.1. The monoisotopic (exact) mass is 470 g/mol. The Bertz CT molecular complexity index is 1280. The lowest BCUT2D eigenvalue weighted by molar-refractivity contribution is 0.414. The van der Waals surface area contributed by atoms with Crippen molar-refractivity contribution in [2.45, 2.75) is 19.5 Å². The van der Waals surface area contributed by atoms with Crippen molar-refractivity contribution in [2.24, 2.45) is 0 Å². The van der Waals surface area contributed by atoms with E-state index in [1.54, 1.807) is 7.11 Å². The van der Waals surface area contributed by atoms with Gasteiger partial charge < -0.3 is 19.4 Å². The average Bonchev–Trinajstić information content (AvgIpc) is 3.23. The van der Waals surface area contributed by atoms with Crippen molar-refractivity contribution in [1.82, 2.24) is 19.7 Å². The summed E-state index contributed by atoms with van der Waals surface area (Å²) >= 11 is 0. The summed E-state index contributed by atoms with van der Waals surface area (Å²) in [6.45, 7) is 4.33. The first kappa shape index (κ1) is 23.2. The third kappa shape index (κ3) is 4.95. The van der Waals surface area contributed by atoms with Crippen LogP contribution in [-0.2, 0) is 19.5 Å². The Kier molecular flexibility index (Phi) is 6.59. The molecular formula is C28H34N6O. The second-order valence-corrected chi connectivity index (χ2v) is 9.53. The van der Waals surface area contributed by atoms with Crippen LogP contribution in [0.25, 0.3) is 10.9 Å². The first-order valence-corrected chi connectivity index (χ1v) is 12.2. The zero-order chi connectivity index (χ0) is 24.4. The molecule has 7 nitrogen and oxygen atoms in total. The fourth-order valence-electron chi connectivity index (χ4n) is 4.63. The molecule has 2 aromatic heterocycles. The summed E-state index contributed by atoms with van der Waals surface area (Å²) in [7, 11) is 8.03. The molecule has 35 heavy (non-hydrogen) atoms. The lowest BCUT2D eigenvalue weighted by Crippen LogP contribution is -2.32. The molecule has 0 aliphatic carbocycles. The van der Waals surface area contributed by atoms with Gasteiger partial charge in [-0.3, -0.25) is 4.68 Å². The Morgan fingerprint density at radius 3 is 2.37 bits per heavy atom. The summed E-state index contributed by atoms with van der Waals surface area (Å²) in [6.07, 6.45) is 0.916. The van der Waals surface area contributed by atoms with Crippen LogP contribution in [0.3, 0.4) is 0 Å². The topological polar surface area (TPSA) is 49.7 Å². The molecule has 0 N–H and O–H groups in total. The minimum atomic E-state index is 0.750. The molecule has 2 aromatic carbocycles. The van der Waals surface area contributed by atoms with Crippen LogP contribution in [-0.4, -0.2) is 67.6 Å². The number of benzene rings is 2. The predicted molar refractivity (Wildman–Crippen MR) is 143 cm³/mol. The molecule has 0 radical (unpaired) electrons. The van der Waals surface area contributed by atoms with Gasteiger partial charge in [0.2, 0.25) is 0 Å². The van der Waals surface area contributed by atoms with E-state index >= 15 is 0 Å². The molecule has 0 bridgehead atoms. The van der Waals surface area contributed by atoms with Gasteiger partial charge in [0, 0.05) is 45.7 Å². The minimum Gasteiger partial charge on any atom is -0.497 e. The first-order valence-electron chi connectivity index (χ1n) is 12.2. The third-order valence-electron chi connectivity index (χ3n) is 6.67. The van der Waals surface area contributed by atoms with Gasteiger partial charge in [-0.1, -0.05) is 42.5 Å². The second kappa shape index (κ2) is 9.96. The standard InChI is InChI=1S/C28H34N6O/c1-31(2)16-17-32(3)26-18-25-27-24(30-34(25)20-21-8-6-5-7-9-21)14-15-33(28(27)29-26)19-22-10-12-23(35-4)13-11-22/h5-13,18H,14-17,19-20H2,1-4H3. The number of pyridine rings is 1. The van der Waals surface area contributed by atoms with E-state index in [0.717, 1.165) is 67.7 Å². The van der Waals surface area contributed by atoms with Gasteiger partial charge in [-0.05, 0) is 37.4 Å². The van der Waals surface area contributed by atoms with Gasteiger partial charge in [-0.2, -0.15) is 5.10 Å². The van der Waals surface area contributed by atoms with Gasteiger partial charge in [0.1, 0.15) is 17.4 Å². The highest BCUT2D eigenvalue weighted by atomic mass is 16.5. The molecule has 0 atom stereocenters. The Labute approximate surface area is 207 Å². The van der Waals surface area contributed by atoms with E-state index in [9.17, 15) is 0 Å². The maximum absolute atomic E-state index is 5.34. The number of ether oxygens (including phenoxy) is 1. The highest BCUT2D eigenvalue weighted by Crippen LogP contribution is 2.36. The molecule has 0 saturated heterocycles. The molecule has 4 aromatic rings. The summed E-state index contributed by atoms with van der Waals surface area (Å²) in [6, 6.07) is 21.1. The van der Waals surface area contributed by atoms with Crippen LogP contribution in [0.5, 0.6) is 5.75 Å². The quantitative estimate of drug-likeness (QED) is 0.368. The third-order valence-corrected chi connectivity index (χ3v) is 6.67. The number of rotatable bonds is 9. The normalized spacial score (nSPS) is 13.0. The number of hydrogen-bond acceptors (Lipinski definition) is 6. The van der Waals surface area contributed by atoms with Crippen LogP contribution < -0.4 is 14.5 Å². The van der Waals surface area contributed by atoms with Crippen LogP contribution in [0, 0.1) is 0 Å². The smallest absolute Gasteiger partial charge is 0.142 e. The van der Waals surface area contributed by atoms with Crippen LogP contribution in [0.15, 0.2) is 60.7 Å². The van der Waals surface area contributed by atoms with Gasteiger partial charge in [0.05, 0.1) is 30.3 Å². The Balaban J connectivity index is 1.55. The fourth-order valence-corrected chi connectivity index (χ4v) is 4.63.